The SMILES string of the molecule is CCCCCCCC/C=C/C/C=C/CCC(=O)OC(COC(=O)CCCCCCCCCC)COP(=O)(O)OC[C@@H](O)CO. The van der Waals surface area contributed by atoms with Crippen molar-refractivity contribution in [1.82, 2.24) is 0 Å². The zero-order valence-corrected chi connectivity index (χ0v) is 28.3. The average Bonchev–Trinajstić information content (AvgIpc) is 3.00. The molecule has 0 amide bonds. The van der Waals surface area contributed by atoms with Gasteiger partial charge in [0.05, 0.1) is 19.8 Å². The Kier molecular flexibility index (Phi) is 29.1. The molecule has 0 saturated carbocycles. The topological polar surface area (TPSA) is 149 Å². The van der Waals surface area contributed by atoms with Gasteiger partial charge in [0.15, 0.2) is 6.10 Å². The Morgan fingerprint density at radius 3 is 1.84 bits per heavy atom. The highest BCUT2D eigenvalue weighted by Gasteiger charge is 2.27. The minimum absolute atomic E-state index is 0.0800. The number of unbranched alkanes of at least 4 members (excludes halogenated alkanes) is 13. The van der Waals surface area contributed by atoms with Crippen LogP contribution < -0.4 is 0 Å². The molecular formula is C33H61O10P. The van der Waals surface area contributed by atoms with Crippen LogP contribution >= 0.6 is 7.82 Å². The van der Waals surface area contributed by atoms with Crippen LogP contribution in [0, 0.1) is 0 Å². The molecule has 10 nitrogen and oxygen atoms in total. The van der Waals surface area contributed by atoms with E-state index >= 15 is 0 Å². The number of phosphoric ester groups is 1. The Hall–Kier alpha value is -1.55. The zero-order chi connectivity index (χ0) is 32.7. The first-order chi connectivity index (χ1) is 21.2. The molecule has 0 radical (unpaired) electrons. The summed E-state index contributed by atoms with van der Waals surface area (Å²) in [4.78, 5) is 34.5. The molecule has 0 aliphatic heterocycles. The first-order valence-corrected chi connectivity index (χ1v) is 18.3. The summed E-state index contributed by atoms with van der Waals surface area (Å²) in [5.41, 5.74) is 0. The van der Waals surface area contributed by atoms with Crippen molar-refractivity contribution in [3.8, 4) is 0 Å². The molecule has 0 aromatic rings. The minimum Gasteiger partial charge on any atom is -0.462 e. The standard InChI is InChI=1S/C33H61O10P/c1-3-5-7-9-11-13-14-15-16-17-19-21-23-25-33(37)43-31(29-42-44(38,39)41-27-30(35)26-34)28-40-32(36)24-22-20-18-12-10-8-6-4-2/h15-16,19,21,30-31,34-35H,3-14,17-18,20,22-29H2,1-2H3,(H,38,39)/b16-15+,21-19+/t30-,31?/m0/s1. The number of carbonyl (C=O) groups is 2. The first kappa shape index (κ1) is 42.5. The van der Waals surface area contributed by atoms with Crippen molar-refractivity contribution in [3.05, 3.63) is 24.3 Å². The molecule has 0 aromatic carbocycles. The lowest BCUT2D eigenvalue weighted by Crippen LogP contribution is -2.29. The lowest BCUT2D eigenvalue weighted by Gasteiger charge is -2.20. The van der Waals surface area contributed by atoms with Crippen LogP contribution in [0.4, 0.5) is 0 Å². The molecule has 0 aromatic heterocycles. The summed E-state index contributed by atoms with van der Waals surface area (Å²) >= 11 is 0. The van der Waals surface area contributed by atoms with Crippen molar-refractivity contribution in [2.75, 3.05) is 26.4 Å². The molecule has 0 saturated heterocycles. The number of allylic oxidation sites excluding steroid dienone is 4. The molecule has 0 bridgehead atoms. The minimum atomic E-state index is -4.61. The molecular weight excluding hydrogens is 587 g/mol. The van der Waals surface area contributed by atoms with Gasteiger partial charge < -0.3 is 24.6 Å². The van der Waals surface area contributed by atoms with Crippen LogP contribution in [0.2, 0.25) is 0 Å². The number of carbonyl (C=O) groups excluding carboxylic acids is 2. The molecule has 44 heavy (non-hydrogen) atoms. The maximum atomic E-state index is 12.4. The van der Waals surface area contributed by atoms with Crippen molar-refractivity contribution in [1.29, 1.82) is 0 Å². The molecule has 3 atom stereocenters. The molecule has 0 aliphatic rings. The third kappa shape index (κ3) is 29.2. The van der Waals surface area contributed by atoms with Crippen LogP contribution in [0.1, 0.15) is 136 Å². The van der Waals surface area contributed by atoms with E-state index < -0.39 is 51.8 Å². The highest BCUT2D eigenvalue weighted by atomic mass is 31.2. The maximum Gasteiger partial charge on any atom is 0.472 e. The summed E-state index contributed by atoms with van der Waals surface area (Å²) < 4.78 is 32.3. The van der Waals surface area contributed by atoms with Gasteiger partial charge in [-0.05, 0) is 32.1 Å². The second kappa shape index (κ2) is 30.1. The summed E-state index contributed by atoms with van der Waals surface area (Å²) in [5.74, 6) is -1.01. The summed E-state index contributed by atoms with van der Waals surface area (Å²) in [5, 5.41) is 18.2. The van der Waals surface area contributed by atoms with Crippen LogP contribution in [0.5, 0.6) is 0 Å². The first-order valence-electron chi connectivity index (χ1n) is 16.8. The van der Waals surface area contributed by atoms with Crippen molar-refractivity contribution >= 4 is 19.8 Å². The molecule has 258 valence electrons. The van der Waals surface area contributed by atoms with Crippen LogP contribution in [0.15, 0.2) is 24.3 Å². The van der Waals surface area contributed by atoms with Gasteiger partial charge in [0, 0.05) is 12.8 Å². The van der Waals surface area contributed by atoms with Crippen LogP contribution in [-0.2, 0) is 32.7 Å². The monoisotopic (exact) mass is 648 g/mol. The van der Waals surface area contributed by atoms with Gasteiger partial charge in [-0.25, -0.2) is 4.57 Å². The molecule has 0 heterocycles. The van der Waals surface area contributed by atoms with Crippen molar-refractivity contribution in [2.24, 2.45) is 0 Å². The van der Waals surface area contributed by atoms with Crippen molar-refractivity contribution in [3.63, 3.8) is 0 Å². The van der Waals surface area contributed by atoms with E-state index in [-0.39, 0.29) is 19.4 Å². The van der Waals surface area contributed by atoms with Gasteiger partial charge in [-0.1, -0.05) is 115 Å². The van der Waals surface area contributed by atoms with Crippen LogP contribution in [0.25, 0.3) is 0 Å². The lowest BCUT2D eigenvalue weighted by molar-refractivity contribution is -0.161. The third-order valence-corrected chi connectivity index (χ3v) is 7.82. The number of hydrogen-bond acceptors (Lipinski definition) is 9. The molecule has 0 fully saturated rings. The Morgan fingerprint density at radius 2 is 1.23 bits per heavy atom. The van der Waals surface area contributed by atoms with Gasteiger partial charge >= 0.3 is 19.8 Å². The molecule has 11 heteroatoms. The van der Waals surface area contributed by atoms with E-state index in [0.29, 0.717) is 12.8 Å². The van der Waals surface area contributed by atoms with Gasteiger partial charge in [0.2, 0.25) is 0 Å². The largest absolute Gasteiger partial charge is 0.472 e. The van der Waals surface area contributed by atoms with Gasteiger partial charge in [-0.15, -0.1) is 0 Å². The number of rotatable bonds is 31. The molecule has 2 unspecified atom stereocenters. The maximum absolute atomic E-state index is 12.4. The normalized spacial score (nSPS) is 14.6. The number of aliphatic hydroxyl groups excluding tert-OH is 2. The number of phosphoric acid groups is 1. The highest BCUT2D eigenvalue weighted by Crippen LogP contribution is 2.43. The highest BCUT2D eigenvalue weighted by molar-refractivity contribution is 7.47. The molecule has 0 spiro atoms. The van der Waals surface area contributed by atoms with E-state index in [0.717, 1.165) is 32.1 Å². The second-order valence-electron chi connectivity index (χ2n) is 11.2. The van der Waals surface area contributed by atoms with Crippen molar-refractivity contribution in [2.45, 2.75) is 148 Å². The van der Waals surface area contributed by atoms with E-state index in [1.807, 2.05) is 12.2 Å². The summed E-state index contributed by atoms with van der Waals surface area (Å²) in [6.45, 7) is 2.23. The predicted molar refractivity (Wildman–Crippen MR) is 173 cm³/mol. The number of esters is 2. The average molecular weight is 649 g/mol. The molecule has 3 N–H and O–H groups in total. The fourth-order valence-electron chi connectivity index (χ4n) is 4.22. The van der Waals surface area contributed by atoms with Crippen LogP contribution in [0.3, 0.4) is 0 Å². The fourth-order valence-corrected chi connectivity index (χ4v) is 5.01. The van der Waals surface area contributed by atoms with E-state index in [2.05, 4.69) is 30.5 Å². The Balaban J connectivity index is 4.53. The van der Waals surface area contributed by atoms with Gasteiger partial charge in [-0.3, -0.25) is 18.6 Å². The van der Waals surface area contributed by atoms with E-state index in [9.17, 15) is 24.2 Å². The van der Waals surface area contributed by atoms with Gasteiger partial charge in [0.25, 0.3) is 0 Å². The summed E-state index contributed by atoms with van der Waals surface area (Å²) in [7, 11) is -4.61. The predicted octanol–water partition coefficient (Wildman–Crippen LogP) is 7.49. The van der Waals surface area contributed by atoms with E-state index in [1.54, 1.807) is 0 Å². The van der Waals surface area contributed by atoms with E-state index in [4.69, 9.17) is 19.1 Å². The Morgan fingerprint density at radius 1 is 0.682 bits per heavy atom. The summed E-state index contributed by atoms with van der Waals surface area (Å²) in [6.07, 6.45) is 24.7. The Labute approximate surface area is 266 Å². The lowest BCUT2D eigenvalue weighted by atomic mass is 10.1. The third-order valence-electron chi connectivity index (χ3n) is 6.87. The zero-order valence-electron chi connectivity index (χ0n) is 27.4. The summed E-state index contributed by atoms with van der Waals surface area (Å²) in [6, 6.07) is 0. The second-order valence-corrected chi connectivity index (χ2v) is 12.6. The van der Waals surface area contributed by atoms with Crippen molar-refractivity contribution < 1.29 is 47.8 Å². The van der Waals surface area contributed by atoms with E-state index in [1.165, 1.54) is 64.2 Å². The number of hydrogen-bond donors (Lipinski definition) is 3. The smallest absolute Gasteiger partial charge is 0.462 e. The number of ether oxygens (including phenoxy) is 2. The fraction of sp³-hybridized carbons (Fsp3) is 0.818. The number of aliphatic hydroxyl groups is 2. The quantitative estimate of drug-likeness (QED) is 0.0299. The van der Waals surface area contributed by atoms with Gasteiger partial charge in [-0.2, -0.15) is 0 Å². The Bertz CT molecular complexity index is 801. The van der Waals surface area contributed by atoms with Crippen LogP contribution in [-0.4, -0.2) is 65.7 Å². The van der Waals surface area contributed by atoms with Gasteiger partial charge in [0.1, 0.15) is 12.7 Å². The molecule has 0 rings (SSSR count). The molecule has 0 aliphatic carbocycles.